The molecule has 1 aliphatic rings. The molecule has 0 aromatic heterocycles. The van der Waals surface area contributed by atoms with Crippen molar-refractivity contribution in [2.24, 2.45) is 10.7 Å². The molecule has 1 saturated carbocycles. The molecule has 0 amide bonds. The van der Waals surface area contributed by atoms with Crippen LogP contribution in [-0.2, 0) is 6.42 Å². The molecule has 0 heterocycles. The molecule has 100 valence electrons. The van der Waals surface area contributed by atoms with Crippen molar-refractivity contribution in [3.63, 3.8) is 0 Å². The third-order valence-corrected chi connectivity index (χ3v) is 3.10. The molecule has 0 atom stereocenters. The van der Waals surface area contributed by atoms with Crippen molar-refractivity contribution in [3.8, 4) is 5.75 Å². The van der Waals surface area contributed by atoms with Gasteiger partial charge in [0.25, 0.3) is 0 Å². The number of para-hydroxylation sites is 1. The Labute approximate surface area is 125 Å². The molecule has 5 heteroatoms. The van der Waals surface area contributed by atoms with E-state index in [2.05, 4.69) is 4.99 Å². The highest BCUT2D eigenvalue weighted by molar-refractivity contribution is 14.0. The Morgan fingerprint density at radius 1 is 1.44 bits per heavy atom. The minimum absolute atomic E-state index is 0. The summed E-state index contributed by atoms with van der Waals surface area (Å²) in [5.41, 5.74) is 6.79. The standard InChI is InChI=1S/C13H19N3O.HI/c1-16(11-6-7-11)13(14)15-9-8-10-4-2-3-5-12(10)17;/h2-5,11,17H,6-9H2,1H3,(H2,14,15);1H. The van der Waals surface area contributed by atoms with Crippen LogP contribution in [0.4, 0.5) is 0 Å². The van der Waals surface area contributed by atoms with Gasteiger partial charge < -0.3 is 15.7 Å². The smallest absolute Gasteiger partial charge is 0.191 e. The molecule has 18 heavy (non-hydrogen) atoms. The molecule has 0 radical (unpaired) electrons. The van der Waals surface area contributed by atoms with Gasteiger partial charge in [-0.2, -0.15) is 0 Å². The maximum Gasteiger partial charge on any atom is 0.191 e. The van der Waals surface area contributed by atoms with Crippen molar-refractivity contribution in [3.05, 3.63) is 29.8 Å². The van der Waals surface area contributed by atoms with Crippen LogP contribution >= 0.6 is 24.0 Å². The quantitative estimate of drug-likeness (QED) is 0.490. The van der Waals surface area contributed by atoms with Gasteiger partial charge in [0.05, 0.1) is 0 Å². The van der Waals surface area contributed by atoms with E-state index in [0.29, 0.717) is 30.7 Å². The summed E-state index contributed by atoms with van der Waals surface area (Å²) in [4.78, 5) is 6.36. The van der Waals surface area contributed by atoms with Crippen LogP contribution in [0.3, 0.4) is 0 Å². The van der Waals surface area contributed by atoms with Gasteiger partial charge in [-0.05, 0) is 30.9 Å². The van der Waals surface area contributed by atoms with Crippen LogP contribution in [0.25, 0.3) is 0 Å². The molecule has 0 saturated heterocycles. The van der Waals surface area contributed by atoms with Crippen molar-refractivity contribution < 1.29 is 5.11 Å². The van der Waals surface area contributed by atoms with Gasteiger partial charge >= 0.3 is 0 Å². The third-order valence-electron chi connectivity index (χ3n) is 3.10. The van der Waals surface area contributed by atoms with E-state index in [9.17, 15) is 5.11 Å². The second-order valence-electron chi connectivity index (χ2n) is 4.46. The van der Waals surface area contributed by atoms with Gasteiger partial charge in [-0.3, -0.25) is 4.99 Å². The van der Waals surface area contributed by atoms with E-state index in [1.165, 1.54) is 12.8 Å². The summed E-state index contributed by atoms with van der Waals surface area (Å²) in [5, 5.41) is 9.59. The SMILES string of the molecule is CN(C(N)=NCCc1ccccc1O)C1CC1.I. The van der Waals surface area contributed by atoms with Crippen LogP contribution in [0.1, 0.15) is 18.4 Å². The minimum atomic E-state index is 0. The molecule has 1 fully saturated rings. The Kier molecular flexibility index (Phi) is 5.71. The zero-order chi connectivity index (χ0) is 12.3. The van der Waals surface area contributed by atoms with E-state index in [-0.39, 0.29) is 24.0 Å². The number of hydrogen-bond donors (Lipinski definition) is 2. The predicted molar refractivity (Wildman–Crippen MR) is 84.5 cm³/mol. The summed E-state index contributed by atoms with van der Waals surface area (Å²) in [6.45, 7) is 0.612. The molecule has 0 spiro atoms. The van der Waals surface area contributed by atoms with Gasteiger partial charge in [-0.15, -0.1) is 24.0 Å². The first kappa shape index (κ1) is 15.1. The van der Waals surface area contributed by atoms with E-state index in [1.54, 1.807) is 6.07 Å². The maximum absolute atomic E-state index is 9.59. The lowest BCUT2D eigenvalue weighted by Crippen LogP contribution is -2.35. The highest BCUT2D eigenvalue weighted by Crippen LogP contribution is 2.24. The van der Waals surface area contributed by atoms with Gasteiger partial charge in [-0.25, -0.2) is 0 Å². The molecule has 0 unspecified atom stereocenters. The van der Waals surface area contributed by atoms with E-state index in [1.807, 2.05) is 30.1 Å². The van der Waals surface area contributed by atoms with Gasteiger partial charge in [0.2, 0.25) is 0 Å². The predicted octanol–water partition coefficient (Wildman–Crippen LogP) is 1.96. The fourth-order valence-electron chi connectivity index (χ4n) is 1.77. The van der Waals surface area contributed by atoms with Gasteiger partial charge in [-0.1, -0.05) is 18.2 Å². The number of nitrogens with two attached hydrogens (primary N) is 1. The molecular formula is C13H20IN3O. The minimum Gasteiger partial charge on any atom is -0.508 e. The molecule has 0 aliphatic heterocycles. The van der Waals surface area contributed by atoms with Crippen LogP contribution in [-0.4, -0.2) is 35.6 Å². The largest absolute Gasteiger partial charge is 0.508 e. The molecule has 1 aromatic rings. The molecule has 3 N–H and O–H groups in total. The fourth-order valence-corrected chi connectivity index (χ4v) is 1.77. The summed E-state index contributed by atoms with van der Waals surface area (Å²) < 4.78 is 0. The fraction of sp³-hybridized carbons (Fsp3) is 0.462. The average Bonchev–Trinajstić information content (AvgIpc) is 3.14. The number of nitrogens with zero attached hydrogens (tertiary/aromatic N) is 2. The molecule has 0 bridgehead atoms. The lowest BCUT2D eigenvalue weighted by atomic mass is 10.1. The first-order valence-electron chi connectivity index (χ1n) is 5.98. The van der Waals surface area contributed by atoms with Crippen LogP contribution < -0.4 is 5.73 Å². The van der Waals surface area contributed by atoms with Crippen molar-refractivity contribution in [2.45, 2.75) is 25.3 Å². The van der Waals surface area contributed by atoms with Crippen LogP contribution in [0.5, 0.6) is 5.75 Å². The van der Waals surface area contributed by atoms with Crippen molar-refractivity contribution in [1.29, 1.82) is 0 Å². The summed E-state index contributed by atoms with van der Waals surface area (Å²) in [6, 6.07) is 7.92. The zero-order valence-corrected chi connectivity index (χ0v) is 12.9. The van der Waals surface area contributed by atoms with Gasteiger partial charge in [0.1, 0.15) is 5.75 Å². The second-order valence-corrected chi connectivity index (χ2v) is 4.46. The number of aromatic hydroxyl groups is 1. The van der Waals surface area contributed by atoms with Crippen LogP contribution in [0.2, 0.25) is 0 Å². The number of benzene rings is 1. The van der Waals surface area contributed by atoms with Crippen LogP contribution in [0, 0.1) is 0 Å². The highest BCUT2D eigenvalue weighted by Gasteiger charge is 2.27. The Bertz CT molecular complexity index is 418. The zero-order valence-electron chi connectivity index (χ0n) is 10.5. The number of phenolic OH excluding ortho intramolecular Hbond substituents is 1. The Morgan fingerprint density at radius 3 is 2.72 bits per heavy atom. The molecule has 1 aromatic carbocycles. The second kappa shape index (κ2) is 6.82. The van der Waals surface area contributed by atoms with Crippen molar-refractivity contribution in [2.75, 3.05) is 13.6 Å². The number of rotatable bonds is 4. The number of halogens is 1. The van der Waals surface area contributed by atoms with E-state index >= 15 is 0 Å². The van der Waals surface area contributed by atoms with E-state index in [4.69, 9.17) is 5.73 Å². The normalized spacial score (nSPS) is 15.1. The molecule has 1 aliphatic carbocycles. The van der Waals surface area contributed by atoms with E-state index < -0.39 is 0 Å². The lowest BCUT2D eigenvalue weighted by Gasteiger charge is -2.16. The molecule has 4 nitrogen and oxygen atoms in total. The van der Waals surface area contributed by atoms with Crippen molar-refractivity contribution >= 4 is 29.9 Å². The van der Waals surface area contributed by atoms with E-state index in [0.717, 1.165) is 5.56 Å². The maximum atomic E-state index is 9.59. The number of hydrogen-bond acceptors (Lipinski definition) is 2. The van der Waals surface area contributed by atoms with Crippen molar-refractivity contribution in [1.82, 2.24) is 4.90 Å². The summed E-state index contributed by atoms with van der Waals surface area (Å²) >= 11 is 0. The number of guanidine groups is 1. The lowest BCUT2D eigenvalue weighted by molar-refractivity contribution is 0.467. The third kappa shape index (κ3) is 4.04. The first-order chi connectivity index (χ1) is 8.18. The summed E-state index contributed by atoms with van der Waals surface area (Å²) in [6.07, 6.45) is 3.14. The van der Waals surface area contributed by atoms with Gasteiger partial charge in [0, 0.05) is 19.6 Å². The summed E-state index contributed by atoms with van der Waals surface area (Å²) in [5.74, 6) is 0.930. The van der Waals surface area contributed by atoms with Gasteiger partial charge in [0.15, 0.2) is 5.96 Å². The number of phenols is 1. The monoisotopic (exact) mass is 361 g/mol. The Hall–Kier alpha value is -0.980. The molecular weight excluding hydrogens is 341 g/mol. The molecule has 2 rings (SSSR count). The first-order valence-corrected chi connectivity index (χ1v) is 5.98. The average molecular weight is 361 g/mol. The summed E-state index contributed by atoms with van der Waals surface area (Å²) in [7, 11) is 1.98. The van der Waals surface area contributed by atoms with Crippen LogP contribution in [0.15, 0.2) is 29.3 Å². The number of aliphatic imine (C=N–C) groups is 1. The highest BCUT2D eigenvalue weighted by atomic mass is 127. The Morgan fingerprint density at radius 2 is 2.11 bits per heavy atom. The topological polar surface area (TPSA) is 61.8 Å². The Balaban J connectivity index is 0.00000162.